The minimum Gasteiger partial charge on any atom is -0.377 e. The monoisotopic (exact) mass is 341 g/mol. The third kappa shape index (κ3) is 5.58. The van der Waals surface area contributed by atoms with E-state index in [0.717, 1.165) is 18.4 Å². The molecule has 1 fully saturated rings. The largest absolute Gasteiger partial charge is 0.377 e. The van der Waals surface area contributed by atoms with Gasteiger partial charge in [-0.15, -0.1) is 0 Å². The summed E-state index contributed by atoms with van der Waals surface area (Å²) in [6, 6.07) is 6.47. The molecule has 1 atom stereocenters. The molecule has 1 aromatic rings. The topological polar surface area (TPSA) is 96.5 Å². The highest BCUT2D eigenvalue weighted by Crippen LogP contribution is 2.14. The first-order valence-corrected chi connectivity index (χ1v) is 9.11. The Morgan fingerprint density at radius 2 is 2.04 bits per heavy atom. The van der Waals surface area contributed by atoms with Crippen molar-refractivity contribution in [3.8, 4) is 0 Å². The number of sulfonamides is 1. The minimum atomic E-state index is -3.53. The van der Waals surface area contributed by atoms with Crippen LogP contribution in [0.15, 0.2) is 29.2 Å². The molecule has 0 saturated carbocycles. The molecule has 3 N–H and O–H groups in total. The number of benzene rings is 1. The van der Waals surface area contributed by atoms with Crippen LogP contribution in [0.25, 0.3) is 0 Å². The molecule has 23 heavy (non-hydrogen) atoms. The van der Waals surface area contributed by atoms with E-state index in [2.05, 4.69) is 15.4 Å². The molecule has 128 valence electrons. The van der Waals surface area contributed by atoms with Crippen molar-refractivity contribution in [1.29, 1.82) is 0 Å². The molecule has 0 aliphatic carbocycles. The fourth-order valence-electron chi connectivity index (χ4n) is 2.30. The van der Waals surface area contributed by atoms with Crippen LogP contribution in [-0.4, -0.2) is 47.2 Å². The summed E-state index contributed by atoms with van der Waals surface area (Å²) in [6.45, 7) is 1.61. The predicted octanol–water partition coefficient (Wildman–Crippen LogP) is -0.0205. The van der Waals surface area contributed by atoms with Gasteiger partial charge in [0.25, 0.3) is 0 Å². The van der Waals surface area contributed by atoms with Gasteiger partial charge in [-0.3, -0.25) is 4.79 Å². The van der Waals surface area contributed by atoms with E-state index in [4.69, 9.17) is 4.74 Å². The van der Waals surface area contributed by atoms with Crippen LogP contribution in [0.2, 0.25) is 0 Å². The Morgan fingerprint density at radius 3 is 2.65 bits per heavy atom. The summed E-state index contributed by atoms with van der Waals surface area (Å²) in [4.78, 5) is 11.6. The van der Waals surface area contributed by atoms with Crippen LogP contribution in [0.5, 0.6) is 0 Å². The number of hydrogen-bond donors (Lipinski definition) is 3. The lowest BCUT2D eigenvalue weighted by Crippen LogP contribution is -2.32. The van der Waals surface area contributed by atoms with Crippen LogP contribution in [-0.2, 0) is 26.1 Å². The summed E-state index contributed by atoms with van der Waals surface area (Å²) in [5, 5.41) is 5.50. The number of rotatable bonds is 8. The summed E-state index contributed by atoms with van der Waals surface area (Å²) in [5.41, 5.74) is 0.840. The second kappa shape index (κ2) is 8.39. The summed E-state index contributed by atoms with van der Waals surface area (Å²) in [6.07, 6.45) is 1.82. The maximum absolute atomic E-state index is 12.2. The Morgan fingerprint density at radius 1 is 1.30 bits per heavy atom. The first kappa shape index (κ1) is 17.9. The van der Waals surface area contributed by atoms with Gasteiger partial charge < -0.3 is 15.4 Å². The van der Waals surface area contributed by atoms with Gasteiger partial charge in [0, 0.05) is 19.7 Å². The smallest absolute Gasteiger partial charge is 0.240 e. The molecule has 0 bridgehead atoms. The highest BCUT2D eigenvalue weighted by Gasteiger charge is 2.20. The second-order valence-electron chi connectivity index (χ2n) is 5.44. The van der Waals surface area contributed by atoms with Crippen molar-refractivity contribution in [3.05, 3.63) is 29.8 Å². The maximum Gasteiger partial charge on any atom is 0.240 e. The van der Waals surface area contributed by atoms with Gasteiger partial charge in [0.2, 0.25) is 15.9 Å². The number of likely N-dealkylation sites (N-methyl/N-ethyl adjacent to an activating group) is 1. The van der Waals surface area contributed by atoms with Crippen molar-refractivity contribution in [3.63, 3.8) is 0 Å². The van der Waals surface area contributed by atoms with Crippen LogP contribution in [0.4, 0.5) is 0 Å². The first-order valence-electron chi connectivity index (χ1n) is 7.63. The Hall–Kier alpha value is -1.48. The molecular weight excluding hydrogens is 318 g/mol. The van der Waals surface area contributed by atoms with Crippen molar-refractivity contribution >= 4 is 15.9 Å². The van der Waals surface area contributed by atoms with Gasteiger partial charge in [-0.25, -0.2) is 13.1 Å². The molecule has 1 heterocycles. The van der Waals surface area contributed by atoms with E-state index in [9.17, 15) is 13.2 Å². The third-order valence-corrected chi connectivity index (χ3v) is 5.03. The fraction of sp³-hybridized carbons (Fsp3) is 0.533. The lowest BCUT2D eigenvalue weighted by Gasteiger charge is -2.12. The van der Waals surface area contributed by atoms with Gasteiger partial charge in [0.1, 0.15) is 0 Å². The highest BCUT2D eigenvalue weighted by atomic mass is 32.2. The normalized spacial score (nSPS) is 18.0. The molecule has 1 aliphatic heterocycles. The van der Waals surface area contributed by atoms with Gasteiger partial charge >= 0.3 is 0 Å². The Balaban J connectivity index is 1.88. The van der Waals surface area contributed by atoms with Crippen molar-refractivity contribution < 1.29 is 17.9 Å². The van der Waals surface area contributed by atoms with E-state index < -0.39 is 10.0 Å². The van der Waals surface area contributed by atoms with Crippen molar-refractivity contribution in [2.45, 2.75) is 30.4 Å². The maximum atomic E-state index is 12.2. The summed E-state index contributed by atoms with van der Waals surface area (Å²) < 4.78 is 32.4. The van der Waals surface area contributed by atoms with Crippen LogP contribution in [0, 0.1) is 0 Å². The van der Waals surface area contributed by atoms with E-state index in [1.165, 1.54) is 12.1 Å². The third-order valence-electron chi connectivity index (χ3n) is 3.59. The molecule has 1 aromatic carbocycles. The van der Waals surface area contributed by atoms with Crippen molar-refractivity contribution in [1.82, 2.24) is 15.4 Å². The Labute approximate surface area is 136 Å². The standard InChI is InChI=1S/C15H23N3O4S/c1-16-11-15(19)17-9-12-4-6-14(7-5-12)23(20,21)18-10-13-3-2-8-22-13/h4-7,13,16,18H,2-3,8-11H2,1H3,(H,17,19). The van der Waals surface area contributed by atoms with E-state index >= 15 is 0 Å². The van der Waals surface area contributed by atoms with Gasteiger partial charge in [-0.2, -0.15) is 0 Å². The molecule has 0 radical (unpaired) electrons. The molecule has 1 aliphatic rings. The average molecular weight is 341 g/mol. The van der Waals surface area contributed by atoms with Gasteiger partial charge in [0.05, 0.1) is 17.5 Å². The SMILES string of the molecule is CNCC(=O)NCc1ccc(S(=O)(=O)NCC2CCCO2)cc1. The number of amides is 1. The lowest BCUT2D eigenvalue weighted by molar-refractivity contribution is -0.120. The average Bonchev–Trinajstić information content (AvgIpc) is 3.05. The molecule has 0 aromatic heterocycles. The first-order chi connectivity index (χ1) is 11.0. The second-order valence-corrected chi connectivity index (χ2v) is 7.20. The number of carbonyl (C=O) groups is 1. The van der Waals surface area contributed by atoms with E-state index in [1.807, 2.05) is 0 Å². The van der Waals surface area contributed by atoms with E-state index in [0.29, 0.717) is 19.7 Å². The highest BCUT2D eigenvalue weighted by molar-refractivity contribution is 7.89. The Bertz CT molecular complexity index is 610. The van der Waals surface area contributed by atoms with Crippen LogP contribution in [0.3, 0.4) is 0 Å². The van der Waals surface area contributed by atoms with E-state index in [-0.39, 0.29) is 23.5 Å². The molecule has 1 saturated heterocycles. The molecule has 2 rings (SSSR count). The summed E-state index contributed by atoms with van der Waals surface area (Å²) in [7, 11) is -1.83. The molecule has 0 spiro atoms. The molecule has 8 heteroatoms. The zero-order valence-electron chi connectivity index (χ0n) is 13.2. The van der Waals surface area contributed by atoms with Crippen molar-refractivity contribution in [2.24, 2.45) is 0 Å². The summed E-state index contributed by atoms with van der Waals surface area (Å²) in [5.74, 6) is -0.109. The molecule has 1 unspecified atom stereocenters. The van der Waals surface area contributed by atoms with E-state index in [1.54, 1.807) is 19.2 Å². The molecule has 1 amide bonds. The van der Waals surface area contributed by atoms with Gasteiger partial charge in [-0.1, -0.05) is 12.1 Å². The summed E-state index contributed by atoms with van der Waals surface area (Å²) >= 11 is 0. The van der Waals surface area contributed by atoms with Gasteiger partial charge in [-0.05, 0) is 37.6 Å². The zero-order chi connectivity index (χ0) is 16.7. The number of ether oxygens (including phenoxy) is 1. The fourth-order valence-corrected chi connectivity index (χ4v) is 3.37. The zero-order valence-corrected chi connectivity index (χ0v) is 14.0. The van der Waals surface area contributed by atoms with Crippen LogP contribution in [0.1, 0.15) is 18.4 Å². The van der Waals surface area contributed by atoms with Gasteiger partial charge in [0.15, 0.2) is 0 Å². The molecule has 7 nitrogen and oxygen atoms in total. The Kier molecular flexibility index (Phi) is 6.52. The van der Waals surface area contributed by atoms with Crippen LogP contribution >= 0.6 is 0 Å². The predicted molar refractivity (Wildman–Crippen MR) is 86.4 cm³/mol. The number of nitrogens with one attached hydrogen (secondary N) is 3. The number of hydrogen-bond acceptors (Lipinski definition) is 5. The quantitative estimate of drug-likeness (QED) is 0.617. The lowest BCUT2D eigenvalue weighted by atomic mass is 10.2. The van der Waals surface area contributed by atoms with Crippen LogP contribution < -0.4 is 15.4 Å². The van der Waals surface area contributed by atoms with Crippen molar-refractivity contribution in [2.75, 3.05) is 26.7 Å². The minimum absolute atomic E-state index is 0.0357. The molecular formula is C15H23N3O4S. The number of carbonyl (C=O) groups excluding carboxylic acids is 1.